The van der Waals surface area contributed by atoms with Gasteiger partial charge < -0.3 is 14.1 Å². The molecule has 0 aliphatic carbocycles. The maximum Gasteiger partial charge on any atom is 0.294 e. The molecule has 0 radical (unpaired) electrons. The molecule has 25 heavy (non-hydrogen) atoms. The topological polar surface area (TPSA) is 85.2 Å². The molecular weight excluding hydrogens is 388 g/mol. The molecule has 0 spiro atoms. The highest BCUT2D eigenvalue weighted by atomic mass is 79.9. The van der Waals surface area contributed by atoms with Crippen LogP contribution in [0.5, 0.6) is 5.75 Å². The molecule has 124 valence electrons. The first kappa shape index (κ1) is 15.6. The van der Waals surface area contributed by atoms with Gasteiger partial charge in [0.1, 0.15) is 29.3 Å². The lowest BCUT2D eigenvalue weighted by Crippen LogP contribution is -2.08. The Labute approximate surface area is 149 Å². The van der Waals surface area contributed by atoms with E-state index in [0.717, 1.165) is 9.86 Å². The Kier molecular flexibility index (Phi) is 3.85. The molecule has 6 nitrogen and oxygen atoms in total. The first-order valence-electron chi connectivity index (χ1n) is 7.44. The molecule has 2 aromatic carbocycles. The summed E-state index contributed by atoms with van der Waals surface area (Å²) in [6, 6.07) is 12.5. The van der Waals surface area contributed by atoms with Crippen LogP contribution in [0.25, 0.3) is 33.5 Å². The highest BCUT2D eigenvalue weighted by Crippen LogP contribution is 2.29. The Morgan fingerprint density at radius 2 is 2.12 bits per heavy atom. The van der Waals surface area contributed by atoms with Crippen molar-refractivity contribution in [3.05, 3.63) is 57.3 Å². The van der Waals surface area contributed by atoms with Crippen LogP contribution in [-0.2, 0) is 4.79 Å². The van der Waals surface area contributed by atoms with Crippen molar-refractivity contribution in [2.45, 2.75) is 0 Å². The van der Waals surface area contributed by atoms with E-state index in [-0.39, 0.29) is 17.7 Å². The van der Waals surface area contributed by atoms with Crippen LogP contribution in [0.1, 0.15) is 0 Å². The molecule has 0 saturated heterocycles. The van der Waals surface area contributed by atoms with Crippen molar-refractivity contribution >= 4 is 44.3 Å². The third kappa shape index (κ3) is 2.83. The average molecular weight is 399 g/mol. The summed E-state index contributed by atoms with van der Waals surface area (Å²) in [6.45, 7) is -0.0349. The maximum atomic E-state index is 12.4. The first-order valence-corrected chi connectivity index (χ1v) is 8.24. The number of furan rings is 1. The van der Waals surface area contributed by atoms with Crippen molar-refractivity contribution in [1.29, 1.82) is 0 Å². The summed E-state index contributed by atoms with van der Waals surface area (Å²) < 4.78 is 11.8. The molecule has 0 atom stereocenters. The molecule has 0 amide bonds. The van der Waals surface area contributed by atoms with E-state index in [4.69, 9.17) is 9.15 Å². The van der Waals surface area contributed by atoms with Gasteiger partial charge >= 0.3 is 0 Å². The molecule has 1 N–H and O–H groups in total. The standard InChI is InChI=1S/C18H11BrN2O4/c19-11-4-5-14-13(9-11)15-16(25-14)18(23)21-17(20-15)10-2-1-3-12(8-10)24-7-6-22/h1-6,8-9H,7H2,(H,20,21,23). The number of aldehydes is 1. The Balaban J connectivity index is 1.91. The average Bonchev–Trinajstić information content (AvgIpc) is 2.99. The molecule has 2 heterocycles. The lowest BCUT2D eigenvalue weighted by Gasteiger charge is -2.05. The fourth-order valence-electron chi connectivity index (χ4n) is 2.63. The second-order valence-corrected chi connectivity index (χ2v) is 6.26. The number of carbonyl (C=O) groups excluding carboxylic acids is 1. The van der Waals surface area contributed by atoms with Crippen LogP contribution < -0.4 is 10.3 Å². The van der Waals surface area contributed by atoms with Gasteiger partial charge in [-0.25, -0.2) is 4.98 Å². The third-order valence-corrected chi connectivity index (χ3v) is 4.20. The van der Waals surface area contributed by atoms with Crippen LogP contribution in [0, 0.1) is 0 Å². The van der Waals surface area contributed by atoms with E-state index < -0.39 is 0 Å². The number of fused-ring (bicyclic) bond motifs is 3. The molecule has 2 aromatic heterocycles. The number of benzene rings is 2. The molecule has 0 fully saturated rings. The molecule has 0 unspecified atom stereocenters. The lowest BCUT2D eigenvalue weighted by atomic mass is 10.2. The Morgan fingerprint density at radius 3 is 2.96 bits per heavy atom. The Bertz CT molecular complexity index is 1160. The monoisotopic (exact) mass is 398 g/mol. The molecule has 4 rings (SSSR count). The molecule has 0 aliphatic rings. The van der Waals surface area contributed by atoms with E-state index >= 15 is 0 Å². The zero-order chi connectivity index (χ0) is 17.4. The zero-order valence-corrected chi connectivity index (χ0v) is 14.4. The number of aromatic amines is 1. The number of H-pyrrole nitrogens is 1. The number of ether oxygens (including phenoxy) is 1. The van der Waals surface area contributed by atoms with Crippen molar-refractivity contribution in [3.63, 3.8) is 0 Å². The minimum absolute atomic E-state index is 0.0349. The first-order chi connectivity index (χ1) is 12.2. The van der Waals surface area contributed by atoms with E-state index in [0.29, 0.717) is 34.5 Å². The molecule has 0 saturated carbocycles. The van der Waals surface area contributed by atoms with Gasteiger partial charge in [-0.3, -0.25) is 9.59 Å². The van der Waals surface area contributed by atoms with Gasteiger partial charge in [-0.1, -0.05) is 28.1 Å². The van der Waals surface area contributed by atoms with E-state index in [9.17, 15) is 9.59 Å². The van der Waals surface area contributed by atoms with Crippen molar-refractivity contribution in [2.24, 2.45) is 0 Å². The smallest absolute Gasteiger partial charge is 0.294 e. The summed E-state index contributed by atoms with van der Waals surface area (Å²) in [4.78, 5) is 30.1. The number of carbonyl (C=O) groups is 1. The van der Waals surface area contributed by atoms with Gasteiger partial charge in [0.2, 0.25) is 5.58 Å². The molecule has 7 heteroatoms. The third-order valence-electron chi connectivity index (χ3n) is 3.71. The second-order valence-electron chi connectivity index (χ2n) is 5.34. The minimum Gasteiger partial charge on any atom is -0.486 e. The summed E-state index contributed by atoms with van der Waals surface area (Å²) in [5, 5.41) is 0.755. The van der Waals surface area contributed by atoms with E-state index in [1.807, 2.05) is 12.1 Å². The van der Waals surface area contributed by atoms with Crippen LogP contribution in [0.3, 0.4) is 0 Å². The lowest BCUT2D eigenvalue weighted by molar-refractivity contribution is -0.109. The maximum absolute atomic E-state index is 12.4. The minimum atomic E-state index is -0.355. The van der Waals surface area contributed by atoms with Gasteiger partial charge in [0.15, 0.2) is 6.29 Å². The molecular formula is C18H11BrN2O4. The molecule has 0 bridgehead atoms. The van der Waals surface area contributed by atoms with Crippen molar-refractivity contribution < 1.29 is 13.9 Å². The van der Waals surface area contributed by atoms with Crippen LogP contribution in [0.4, 0.5) is 0 Å². The predicted molar refractivity (Wildman–Crippen MR) is 96.8 cm³/mol. The fraction of sp³-hybridized carbons (Fsp3) is 0.0556. The van der Waals surface area contributed by atoms with Gasteiger partial charge in [-0.05, 0) is 30.3 Å². The zero-order valence-electron chi connectivity index (χ0n) is 12.8. The predicted octanol–water partition coefficient (Wildman–Crippen LogP) is 3.68. The van der Waals surface area contributed by atoms with Crippen LogP contribution >= 0.6 is 15.9 Å². The van der Waals surface area contributed by atoms with E-state index in [1.165, 1.54) is 0 Å². The number of hydrogen-bond donors (Lipinski definition) is 1. The Hall–Kier alpha value is -2.93. The van der Waals surface area contributed by atoms with Crippen LogP contribution in [0.2, 0.25) is 0 Å². The number of halogens is 1. The SMILES string of the molecule is O=CCOc1cccc(-c2nc3c(oc4ccc(Br)cc43)c(=O)[nH]2)c1. The summed E-state index contributed by atoms with van der Waals surface area (Å²) in [7, 11) is 0. The van der Waals surface area contributed by atoms with Gasteiger partial charge in [0.05, 0.1) is 0 Å². The Morgan fingerprint density at radius 1 is 1.24 bits per heavy atom. The molecule has 4 aromatic rings. The van der Waals surface area contributed by atoms with Gasteiger partial charge in [0.25, 0.3) is 5.56 Å². The van der Waals surface area contributed by atoms with Crippen LogP contribution in [-0.4, -0.2) is 22.9 Å². The van der Waals surface area contributed by atoms with Crippen molar-refractivity contribution in [3.8, 4) is 17.1 Å². The number of hydrogen-bond acceptors (Lipinski definition) is 5. The van der Waals surface area contributed by atoms with Crippen molar-refractivity contribution in [1.82, 2.24) is 9.97 Å². The van der Waals surface area contributed by atoms with Gasteiger partial charge in [0, 0.05) is 15.4 Å². The number of aromatic nitrogens is 2. The quantitative estimate of drug-likeness (QED) is 0.530. The number of nitrogens with zero attached hydrogens (tertiary/aromatic N) is 1. The van der Waals surface area contributed by atoms with Gasteiger partial charge in [-0.15, -0.1) is 0 Å². The fourth-order valence-corrected chi connectivity index (χ4v) is 2.99. The second kappa shape index (κ2) is 6.18. The van der Waals surface area contributed by atoms with E-state index in [2.05, 4.69) is 25.9 Å². The van der Waals surface area contributed by atoms with Crippen LogP contribution in [0.15, 0.2) is 56.1 Å². The summed E-state index contributed by atoms with van der Waals surface area (Å²) >= 11 is 3.42. The number of rotatable bonds is 4. The highest BCUT2D eigenvalue weighted by Gasteiger charge is 2.14. The number of nitrogens with one attached hydrogen (secondary N) is 1. The molecule has 0 aliphatic heterocycles. The largest absolute Gasteiger partial charge is 0.486 e. The summed E-state index contributed by atoms with van der Waals surface area (Å²) in [5.41, 5.74) is 1.59. The normalized spacial score (nSPS) is 11.1. The van der Waals surface area contributed by atoms with Crippen molar-refractivity contribution in [2.75, 3.05) is 6.61 Å². The van der Waals surface area contributed by atoms with E-state index in [1.54, 1.807) is 30.3 Å². The van der Waals surface area contributed by atoms with Gasteiger partial charge in [-0.2, -0.15) is 0 Å². The summed E-state index contributed by atoms with van der Waals surface area (Å²) in [6.07, 6.45) is 0.675. The highest BCUT2D eigenvalue weighted by molar-refractivity contribution is 9.10. The summed E-state index contributed by atoms with van der Waals surface area (Å²) in [5.74, 6) is 0.920.